The number of allylic oxidation sites excluding steroid dienone is 2. The first-order valence-corrected chi connectivity index (χ1v) is 14.2. The van der Waals surface area contributed by atoms with Gasteiger partial charge in [-0.15, -0.1) is 0 Å². The van der Waals surface area contributed by atoms with Gasteiger partial charge in [-0.05, 0) is 5.92 Å². The molecule has 0 aromatic rings. The van der Waals surface area contributed by atoms with Gasteiger partial charge in [0.15, 0.2) is 0 Å². The molecule has 0 N–H and O–H groups in total. The van der Waals surface area contributed by atoms with Crippen molar-refractivity contribution in [3.63, 3.8) is 0 Å². The summed E-state index contributed by atoms with van der Waals surface area (Å²) in [6.45, 7) is 12.6. The van der Waals surface area contributed by atoms with Crippen LogP contribution in [0.2, 0.25) is 4.82 Å². The summed E-state index contributed by atoms with van der Waals surface area (Å²) in [6, 6.07) is 0. The monoisotopic (exact) mass is 463 g/mol. The zero-order chi connectivity index (χ0) is 20.8. The molecule has 0 spiro atoms. The van der Waals surface area contributed by atoms with Gasteiger partial charge in [-0.1, -0.05) is 20.3 Å². The third-order valence-corrected chi connectivity index (χ3v) is 11.5. The van der Waals surface area contributed by atoms with Gasteiger partial charge in [0.25, 0.3) is 0 Å². The molecule has 0 nitrogen and oxygen atoms in total. The van der Waals surface area contributed by atoms with E-state index >= 15 is 0 Å². The maximum atomic E-state index is 3.47. The summed E-state index contributed by atoms with van der Waals surface area (Å²) >= 11 is 3.47. The molecule has 29 heavy (non-hydrogen) atoms. The summed E-state index contributed by atoms with van der Waals surface area (Å²) in [6.07, 6.45) is 20.2. The van der Waals surface area contributed by atoms with E-state index in [0.29, 0.717) is 10.8 Å². The molecular formula is C28H47Se. The molecule has 1 heteroatoms. The molecule has 4 aliphatic rings. The summed E-state index contributed by atoms with van der Waals surface area (Å²) in [4.78, 5) is 0.800. The first kappa shape index (κ1) is 22.5. The van der Waals surface area contributed by atoms with E-state index in [-0.39, 0.29) is 0 Å². The van der Waals surface area contributed by atoms with Gasteiger partial charge in [0.05, 0.1) is 0 Å². The van der Waals surface area contributed by atoms with E-state index in [1.807, 2.05) is 5.57 Å². The third kappa shape index (κ3) is 3.84. The molecule has 0 unspecified atom stereocenters. The van der Waals surface area contributed by atoms with Crippen molar-refractivity contribution in [3.8, 4) is 0 Å². The number of fused-ring (bicyclic) bond motifs is 5. The number of rotatable bonds is 6. The predicted octanol–water partition coefficient (Wildman–Crippen LogP) is 8.37. The van der Waals surface area contributed by atoms with Gasteiger partial charge in [0, 0.05) is 0 Å². The normalized spacial score (nSPS) is 45.3. The molecule has 4 rings (SSSR count). The van der Waals surface area contributed by atoms with Crippen LogP contribution in [0, 0.1) is 46.3 Å². The van der Waals surface area contributed by atoms with E-state index in [4.69, 9.17) is 0 Å². The summed E-state index contributed by atoms with van der Waals surface area (Å²) in [5, 5.41) is 0. The van der Waals surface area contributed by atoms with Crippen molar-refractivity contribution < 1.29 is 0 Å². The van der Waals surface area contributed by atoms with Crippen LogP contribution in [0.15, 0.2) is 11.6 Å². The summed E-state index contributed by atoms with van der Waals surface area (Å²) < 4.78 is 0. The van der Waals surface area contributed by atoms with Crippen molar-refractivity contribution in [3.05, 3.63) is 11.6 Å². The molecule has 3 fully saturated rings. The molecule has 0 amide bonds. The first-order chi connectivity index (χ1) is 13.8. The van der Waals surface area contributed by atoms with Gasteiger partial charge in [-0.2, -0.15) is 0 Å². The van der Waals surface area contributed by atoms with E-state index in [9.17, 15) is 0 Å². The molecule has 165 valence electrons. The van der Waals surface area contributed by atoms with Crippen LogP contribution in [-0.4, -0.2) is 16.0 Å². The van der Waals surface area contributed by atoms with Crippen molar-refractivity contribution in [2.45, 2.75) is 116 Å². The van der Waals surface area contributed by atoms with Crippen LogP contribution in [0.5, 0.6) is 0 Å². The topological polar surface area (TPSA) is 0 Å². The summed E-state index contributed by atoms with van der Waals surface area (Å²) in [5.74, 6) is 5.78. The predicted molar refractivity (Wildman–Crippen MR) is 127 cm³/mol. The minimum atomic E-state index is 0.575. The van der Waals surface area contributed by atoms with Crippen molar-refractivity contribution in [1.82, 2.24) is 0 Å². The first-order valence-electron chi connectivity index (χ1n) is 13.2. The van der Waals surface area contributed by atoms with Gasteiger partial charge in [0.2, 0.25) is 0 Å². The molecule has 3 saturated carbocycles. The number of hydrogen-bond donors (Lipinski definition) is 0. The molecule has 8 atom stereocenters. The molecule has 0 bridgehead atoms. The molecule has 0 heterocycles. The molecule has 0 aromatic carbocycles. The Morgan fingerprint density at radius 1 is 1.03 bits per heavy atom. The maximum absolute atomic E-state index is 3.47. The van der Waals surface area contributed by atoms with Crippen LogP contribution in [-0.2, 0) is 0 Å². The van der Waals surface area contributed by atoms with Crippen molar-refractivity contribution >= 4 is 16.0 Å². The van der Waals surface area contributed by atoms with Crippen LogP contribution in [0.1, 0.15) is 112 Å². The Bertz CT molecular complexity index is 605. The van der Waals surface area contributed by atoms with Gasteiger partial charge < -0.3 is 0 Å². The van der Waals surface area contributed by atoms with Gasteiger partial charge in [0.1, 0.15) is 0 Å². The Labute approximate surface area is 190 Å². The van der Waals surface area contributed by atoms with Gasteiger partial charge >= 0.3 is 164 Å². The van der Waals surface area contributed by atoms with E-state index in [0.717, 1.165) is 40.3 Å². The Balaban J connectivity index is 1.51. The van der Waals surface area contributed by atoms with E-state index in [1.54, 1.807) is 0 Å². The molecule has 0 aliphatic heterocycles. The van der Waals surface area contributed by atoms with Crippen LogP contribution in [0.25, 0.3) is 0 Å². The molecule has 0 aromatic heterocycles. The fourth-order valence-corrected chi connectivity index (χ4v) is 9.74. The molecule has 1 radical (unpaired) electrons. The van der Waals surface area contributed by atoms with Crippen molar-refractivity contribution in [2.24, 2.45) is 46.3 Å². The van der Waals surface area contributed by atoms with Crippen molar-refractivity contribution in [2.75, 3.05) is 0 Å². The SMILES string of the molecule is CC[C@]12CC[C@H]([Se])CC1=CC[C@@H]1[C@@H]2CC[C@]2(C)[C@@H]([C@H](C)CCCC(C)C)CC[C@@H]12. The standard InChI is InChI=1S/C28H47Se/c1-6-28-17-14-22(29)18-21(28)10-11-23-25-13-12-24(20(4)9-7-8-19(2)3)27(25,5)16-15-26(23)28/h10,19-20,22-26H,6-9,11-18H2,1-5H3/t20-,22+,23+,24-,25+,26+,27-,28+/m1/s1. The Kier molecular flexibility index (Phi) is 6.70. The molecular weight excluding hydrogens is 415 g/mol. The van der Waals surface area contributed by atoms with E-state index in [2.05, 4.69) is 56.7 Å². The minimum absolute atomic E-state index is 0.575. The summed E-state index contributed by atoms with van der Waals surface area (Å²) in [5.41, 5.74) is 3.08. The Morgan fingerprint density at radius 3 is 2.55 bits per heavy atom. The summed E-state index contributed by atoms with van der Waals surface area (Å²) in [7, 11) is 0. The van der Waals surface area contributed by atoms with Crippen LogP contribution in [0.3, 0.4) is 0 Å². The van der Waals surface area contributed by atoms with Gasteiger partial charge in [-0.3, -0.25) is 0 Å². The van der Waals surface area contributed by atoms with E-state index in [1.165, 1.54) is 77.0 Å². The van der Waals surface area contributed by atoms with E-state index < -0.39 is 0 Å². The Morgan fingerprint density at radius 2 is 1.83 bits per heavy atom. The third-order valence-electron chi connectivity index (χ3n) is 10.6. The second-order valence-electron chi connectivity index (χ2n) is 12.2. The van der Waals surface area contributed by atoms with Gasteiger partial charge in [-0.25, -0.2) is 0 Å². The molecule has 4 aliphatic carbocycles. The van der Waals surface area contributed by atoms with Crippen molar-refractivity contribution in [1.29, 1.82) is 0 Å². The second-order valence-corrected chi connectivity index (χ2v) is 13.6. The zero-order valence-electron chi connectivity index (χ0n) is 20.0. The zero-order valence-corrected chi connectivity index (χ0v) is 21.7. The average molecular weight is 463 g/mol. The Hall–Kier alpha value is 0.259. The van der Waals surface area contributed by atoms with Crippen LogP contribution >= 0.6 is 0 Å². The molecule has 0 saturated heterocycles. The second kappa shape index (κ2) is 8.65. The fraction of sp³-hybridized carbons (Fsp3) is 0.929. The number of hydrogen-bond acceptors (Lipinski definition) is 0. The quantitative estimate of drug-likeness (QED) is 0.275. The van der Waals surface area contributed by atoms with Crippen LogP contribution in [0.4, 0.5) is 0 Å². The average Bonchev–Trinajstić information content (AvgIpc) is 3.04. The fourth-order valence-electron chi connectivity index (χ4n) is 9.11. The van der Waals surface area contributed by atoms with Crippen LogP contribution < -0.4 is 0 Å².